The Morgan fingerprint density at radius 2 is 1.80 bits per heavy atom. The fourth-order valence-electron chi connectivity index (χ4n) is 3.41. The minimum atomic E-state index is -0.135. The highest BCUT2D eigenvalue weighted by Crippen LogP contribution is 2.36. The SMILES string of the molecule is Fc1ccc(C2CC(NCCCN3CCCC3)C2)cc1. The Labute approximate surface area is 121 Å². The van der Waals surface area contributed by atoms with E-state index in [1.807, 2.05) is 12.1 Å². The van der Waals surface area contributed by atoms with Gasteiger partial charge in [0.1, 0.15) is 5.82 Å². The largest absolute Gasteiger partial charge is 0.314 e. The molecule has 0 amide bonds. The van der Waals surface area contributed by atoms with E-state index >= 15 is 0 Å². The normalized spacial score (nSPS) is 26.6. The van der Waals surface area contributed by atoms with Crippen LogP contribution in [-0.2, 0) is 0 Å². The fourth-order valence-corrected chi connectivity index (χ4v) is 3.41. The van der Waals surface area contributed by atoms with Gasteiger partial charge in [0.05, 0.1) is 0 Å². The smallest absolute Gasteiger partial charge is 0.123 e. The summed E-state index contributed by atoms with van der Waals surface area (Å²) in [4.78, 5) is 2.57. The van der Waals surface area contributed by atoms with Gasteiger partial charge in [-0.2, -0.15) is 0 Å². The minimum absolute atomic E-state index is 0.135. The molecule has 1 aromatic carbocycles. The number of halogens is 1. The van der Waals surface area contributed by atoms with E-state index in [0.29, 0.717) is 12.0 Å². The van der Waals surface area contributed by atoms with Crippen LogP contribution in [0.5, 0.6) is 0 Å². The molecule has 3 rings (SSSR count). The van der Waals surface area contributed by atoms with Crippen LogP contribution in [0.15, 0.2) is 24.3 Å². The molecule has 0 atom stereocenters. The zero-order valence-electron chi connectivity index (χ0n) is 12.2. The van der Waals surface area contributed by atoms with E-state index in [2.05, 4.69) is 10.2 Å². The molecular formula is C17H25FN2. The summed E-state index contributed by atoms with van der Waals surface area (Å²) in [6.07, 6.45) is 6.44. The number of hydrogen-bond acceptors (Lipinski definition) is 2. The second kappa shape index (κ2) is 6.68. The van der Waals surface area contributed by atoms with Crippen LogP contribution in [0.2, 0.25) is 0 Å². The molecule has 1 saturated heterocycles. The van der Waals surface area contributed by atoms with E-state index in [1.54, 1.807) is 12.1 Å². The first kappa shape index (κ1) is 14.0. The van der Waals surface area contributed by atoms with Gasteiger partial charge in [-0.05, 0) is 81.9 Å². The van der Waals surface area contributed by atoms with E-state index in [1.165, 1.54) is 57.3 Å². The molecule has 2 nitrogen and oxygen atoms in total. The van der Waals surface area contributed by atoms with Gasteiger partial charge in [0.25, 0.3) is 0 Å². The van der Waals surface area contributed by atoms with Gasteiger partial charge in [-0.1, -0.05) is 12.1 Å². The van der Waals surface area contributed by atoms with Gasteiger partial charge in [-0.25, -0.2) is 4.39 Å². The molecule has 2 aliphatic rings. The lowest BCUT2D eigenvalue weighted by Crippen LogP contribution is -2.41. The van der Waals surface area contributed by atoms with Gasteiger partial charge in [0, 0.05) is 6.04 Å². The molecule has 0 radical (unpaired) electrons. The number of nitrogens with zero attached hydrogens (tertiary/aromatic N) is 1. The molecular weight excluding hydrogens is 251 g/mol. The predicted molar refractivity (Wildman–Crippen MR) is 80.5 cm³/mol. The molecule has 0 aromatic heterocycles. The zero-order chi connectivity index (χ0) is 13.8. The van der Waals surface area contributed by atoms with E-state index in [-0.39, 0.29) is 5.82 Å². The van der Waals surface area contributed by atoms with Crippen molar-refractivity contribution >= 4 is 0 Å². The van der Waals surface area contributed by atoms with Crippen molar-refractivity contribution in [2.75, 3.05) is 26.2 Å². The van der Waals surface area contributed by atoms with Crippen LogP contribution >= 0.6 is 0 Å². The highest BCUT2D eigenvalue weighted by molar-refractivity contribution is 5.23. The first-order chi connectivity index (χ1) is 9.81. The number of likely N-dealkylation sites (tertiary alicyclic amines) is 1. The third-order valence-electron chi connectivity index (χ3n) is 4.76. The quantitative estimate of drug-likeness (QED) is 0.803. The molecule has 1 aromatic rings. The Bertz CT molecular complexity index is 406. The topological polar surface area (TPSA) is 15.3 Å². The molecule has 1 aliphatic carbocycles. The Morgan fingerprint density at radius 1 is 1.10 bits per heavy atom. The standard InChI is InChI=1S/C17H25FN2/c18-16-6-4-14(5-7-16)15-12-17(13-15)19-8-3-11-20-9-1-2-10-20/h4-7,15,17,19H,1-3,8-13H2. The third-order valence-corrected chi connectivity index (χ3v) is 4.76. The summed E-state index contributed by atoms with van der Waals surface area (Å²) in [6.45, 7) is 4.99. The molecule has 1 aliphatic heterocycles. The number of nitrogens with one attached hydrogen (secondary N) is 1. The maximum absolute atomic E-state index is 12.9. The first-order valence-corrected chi connectivity index (χ1v) is 8.02. The monoisotopic (exact) mass is 276 g/mol. The lowest BCUT2D eigenvalue weighted by molar-refractivity contribution is 0.277. The molecule has 3 heteroatoms. The minimum Gasteiger partial charge on any atom is -0.314 e. The molecule has 1 saturated carbocycles. The molecule has 110 valence electrons. The van der Waals surface area contributed by atoms with Crippen LogP contribution in [0.25, 0.3) is 0 Å². The van der Waals surface area contributed by atoms with Crippen LogP contribution < -0.4 is 5.32 Å². The third kappa shape index (κ3) is 3.58. The lowest BCUT2D eigenvalue weighted by atomic mass is 9.76. The van der Waals surface area contributed by atoms with Crippen molar-refractivity contribution in [3.8, 4) is 0 Å². The second-order valence-electron chi connectivity index (χ2n) is 6.27. The Kier molecular flexibility index (Phi) is 4.69. The summed E-state index contributed by atoms with van der Waals surface area (Å²) in [5, 5.41) is 3.65. The van der Waals surface area contributed by atoms with Crippen molar-refractivity contribution < 1.29 is 4.39 Å². The van der Waals surface area contributed by atoms with Crippen molar-refractivity contribution in [1.29, 1.82) is 0 Å². The van der Waals surface area contributed by atoms with E-state index in [0.717, 1.165) is 6.54 Å². The van der Waals surface area contributed by atoms with Crippen molar-refractivity contribution in [1.82, 2.24) is 10.2 Å². The second-order valence-corrected chi connectivity index (χ2v) is 6.27. The van der Waals surface area contributed by atoms with Crippen LogP contribution in [0.3, 0.4) is 0 Å². The molecule has 1 heterocycles. The van der Waals surface area contributed by atoms with Crippen molar-refractivity contribution in [2.24, 2.45) is 0 Å². The molecule has 20 heavy (non-hydrogen) atoms. The van der Waals surface area contributed by atoms with Crippen LogP contribution in [0.1, 0.15) is 43.6 Å². The Hall–Kier alpha value is -0.930. The van der Waals surface area contributed by atoms with Gasteiger partial charge >= 0.3 is 0 Å². The summed E-state index contributed by atoms with van der Waals surface area (Å²) < 4.78 is 12.9. The molecule has 0 spiro atoms. The van der Waals surface area contributed by atoms with Crippen LogP contribution in [-0.4, -0.2) is 37.1 Å². The average molecular weight is 276 g/mol. The number of rotatable bonds is 6. The highest BCUT2D eigenvalue weighted by Gasteiger charge is 2.29. The van der Waals surface area contributed by atoms with Crippen LogP contribution in [0.4, 0.5) is 4.39 Å². The van der Waals surface area contributed by atoms with Gasteiger partial charge in [0.2, 0.25) is 0 Å². The van der Waals surface area contributed by atoms with Crippen molar-refractivity contribution in [2.45, 2.75) is 44.1 Å². The molecule has 2 fully saturated rings. The summed E-state index contributed by atoms with van der Waals surface area (Å²) in [5.74, 6) is 0.497. The Balaban J connectivity index is 1.29. The van der Waals surface area contributed by atoms with Gasteiger partial charge in [-0.15, -0.1) is 0 Å². The Morgan fingerprint density at radius 3 is 2.50 bits per heavy atom. The molecule has 0 bridgehead atoms. The average Bonchev–Trinajstić information content (AvgIpc) is 2.91. The zero-order valence-corrected chi connectivity index (χ0v) is 12.2. The maximum Gasteiger partial charge on any atom is 0.123 e. The predicted octanol–water partition coefficient (Wildman–Crippen LogP) is 3.15. The summed E-state index contributed by atoms with van der Waals surface area (Å²) in [6, 6.07) is 7.69. The molecule has 1 N–H and O–H groups in total. The van der Waals surface area contributed by atoms with Crippen LogP contribution in [0, 0.1) is 5.82 Å². The lowest BCUT2D eigenvalue weighted by Gasteiger charge is -2.36. The van der Waals surface area contributed by atoms with E-state index in [9.17, 15) is 4.39 Å². The summed E-state index contributed by atoms with van der Waals surface area (Å²) in [7, 11) is 0. The van der Waals surface area contributed by atoms with Gasteiger partial charge in [0.15, 0.2) is 0 Å². The molecule has 0 unspecified atom stereocenters. The van der Waals surface area contributed by atoms with E-state index in [4.69, 9.17) is 0 Å². The van der Waals surface area contributed by atoms with Crippen molar-refractivity contribution in [3.05, 3.63) is 35.6 Å². The summed E-state index contributed by atoms with van der Waals surface area (Å²) >= 11 is 0. The maximum atomic E-state index is 12.9. The number of hydrogen-bond donors (Lipinski definition) is 1. The van der Waals surface area contributed by atoms with Gasteiger partial charge < -0.3 is 10.2 Å². The number of benzene rings is 1. The first-order valence-electron chi connectivity index (χ1n) is 8.02. The van der Waals surface area contributed by atoms with Crippen molar-refractivity contribution in [3.63, 3.8) is 0 Å². The summed E-state index contributed by atoms with van der Waals surface area (Å²) in [5.41, 5.74) is 1.29. The highest BCUT2D eigenvalue weighted by atomic mass is 19.1. The van der Waals surface area contributed by atoms with E-state index < -0.39 is 0 Å². The fraction of sp³-hybridized carbons (Fsp3) is 0.647. The van der Waals surface area contributed by atoms with Gasteiger partial charge in [-0.3, -0.25) is 0 Å².